The van der Waals surface area contributed by atoms with Crippen LogP contribution in [0.2, 0.25) is 0 Å². The standard InChI is InChI=1S/C11H22N2O3/c1-10(2,3)16-9(14)13-15-8-11(7-12)5-4-6-11/h4-8,12H2,1-3H3,(H,13,14). The molecule has 0 radical (unpaired) electrons. The van der Waals surface area contributed by atoms with E-state index in [2.05, 4.69) is 5.48 Å². The number of hydroxylamine groups is 1. The highest BCUT2D eigenvalue weighted by atomic mass is 16.7. The van der Waals surface area contributed by atoms with Crippen molar-refractivity contribution >= 4 is 6.09 Å². The molecule has 16 heavy (non-hydrogen) atoms. The van der Waals surface area contributed by atoms with Crippen molar-refractivity contribution in [3.05, 3.63) is 0 Å². The molecule has 5 nitrogen and oxygen atoms in total. The zero-order valence-corrected chi connectivity index (χ0v) is 10.3. The first-order valence-electron chi connectivity index (χ1n) is 5.68. The number of hydrogen-bond donors (Lipinski definition) is 2. The van der Waals surface area contributed by atoms with E-state index in [1.165, 1.54) is 6.42 Å². The third-order valence-electron chi connectivity index (χ3n) is 2.78. The lowest BCUT2D eigenvalue weighted by Crippen LogP contribution is -2.44. The van der Waals surface area contributed by atoms with Gasteiger partial charge >= 0.3 is 6.09 Å². The molecule has 1 fully saturated rings. The van der Waals surface area contributed by atoms with Crippen molar-refractivity contribution in [2.75, 3.05) is 13.2 Å². The topological polar surface area (TPSA) is 73.6 Å². The second kappa shape index (κ2) is 5.01. The van der Waals surface area contributed by atoms with Crippen LogP contribution in [0.4, 0.5) is 4.79 Å². The van der Waals surface area contributed by atoms with Gasteiger partial charge in [-0.25, -0.2) is 4.79 Å². The Hall–Kier alpha value is -0.810. The van der Waals surface area contributed by atoms with Gasteiger partial charge in [-0.1, -0.05) is 6.42 Å². The van der Waals surface area contributed by atoms with Gasteiger partial charge < -0.3 is 10.5 Å². The van der Waals surface area contributed by atoms with Crippen molar-refractivity contribution in [2.24, 2.45) is 11.1 Å². The molecule has 0 bridgehead atoms. The fourth-order valence-corrected chi connectivity index (χ4v) is 1.63. The Morgan fingerprint density at radius 1 is 1.44 bits per heavy atom. The second-order valence-electron chi connectivity index (χ2n) is 5.45. The summed E-state index contributed by atoms with van der Waals surface area (Å²) >= 11 is 0. The number of ether oxygens (including phenoxy) is 1. The normalized spacial score (nSPS) is 18.8. The molecule has 0 heterocycles. The van der Waals surface area contributed by atoms with Crippen molar-refractivity contribution < 1.29 is 14.4 Å². The highest BCUT2D eigenvalue weighted by Crippen LogP contribution is 2.39. The summed E-state index contributed by atoms with van der Waals surface area (Å²) in [4.78, 5) is 16.4. The van der Waals surface area contributed by atoms with E-state index >= 15 is 0 Å². The van der Waals surface area contributed by atoms with Crippen molar-refractivity contribution in [1.82, 2.24) is 5.48 Å². The van der Waals surface area contributed by atoms with E-state index in [4.69, 9.17) is 15.3 Å². The molecule has 3 N–H and O–H groups in total. The summed E-state index contributed by atoms with van der Waals surface area (Å²) in [5.74, 6) is 0. The van der Waals surface area contributed by atoms with Gasteiger partial charge in [0.1, 0.15) is 5.60 Å². The molecule has 0 aromatic rings. The zero-order valence-electron chi connectivity index (χ0n) is 10.3. The largest absolute Gasteiger partial charge is 0.442 e. The van der Waals surface area contributed by atoms with Gasteiger partial charge in [0, 0.05) is 12.0 Å². The fourth-order valence-electron chi connectivity index (χ4n) is 1.63. The molecule has 1 aliphatic carbocycles. The summed E-state index contributed by atoms with van der Waals surface area (Å²) in [5.41, 5.74) is 7.50. The number of carbonyl (C=O) groups excluding carboxylic acids is 1. The van der Waals surface area contributed by atoms with Gasteiger partial charge in [-0.15, -0.1) is 0 Å². The predicted octanol–water partition coefficient (Wildman–Crippen LogP) is 1.57. The lowest BCUT2D eigenvalue weighted by molar-refractivity contribution is -0.0572. The molecule has 0 aromatic carbocycles. The first kappa shape index (κ1) is 13.3. The van der Waals surface area contributed by atoms with E-state index in [-0.39, 0.29) is 5.41 Å². The molecular weight excluding hydrogens is 208 g/mol. The van der Waals surface area contributed by atoms with Gasteiger partial charge in [0.25, 0.3) is 0 Å². The van der Waals surface area contributed by atoms with Crippen LogP contribution in [0, 0.1) is 5.41 Å². The van der Waals surface area contributed by atoms with Gasteiger partial charge in [-0.3, -0.25) is 4.84 Å². The van der Waals surface area contributed by atoms with Crippen molar-refractivity contribution in [3.63, 3.8) is 0 Å². The maximum atomic E-state index is 11.2. The molecule has 0 spiro atoms. The van der Waals surface area contributed by atoms with Crippen LogP contribution in [0.25, 0.3) is 0 Å². The van der Waals surface area contributed by atoms with E-state index in [0.29, 0.717) is 13.2 Å². The van der Waals surface area contributed by atoms with E-state index in [1.807, 2.05) is 0 Å². The Morgan fingerprint density at radius 2 is 2.06 bits per heavy atom. The SMILES string of the molecule is CC(C)(C)OC(=O)NOCC1(CN)CCC1. The van der Waals surface area contributed by atoms with Crippen LogP contribution in [-0.4, -0.2) is 24.8 Å². The highest BCUT2D eigenvalue weighted by molar-refractivity contribution is 5.66. The maximum absolute atomic E-state index is 11.2. The molecule has 0 aliphatic heterocycles. The Kier molecular flexibility index (Phi) is 4.15. The van der Waals surface area contributed by atoms with Crippen LogP contribution in [0.5, 0.6) is 0 Å². The molecule has 1 saturated carbocycles. The third-order valence-corrected chi connectivity index (χ3v) is 2.78. The lowest BCUT2D eigenvalue weighted by Gasteiger charge is -2.40. The number of hydrogen-bond acceptors (Lipinski definition) is 4. The molecule has 0 saturated heterocycles. The summed E-state index contributed by atoms with van der Waals surface area (Å²) < 4.78 is 5.03. The summed E-state index contributed by atoms with van der Waals surface area (Å²) in [7, 11) is 0. The zero-order chi connectivity index (χ0) is 12.2. The van der Waals surface area contributed by atoms with Gasteiger partial charge in [-0.2, -0.15) is 5.48 Å². The maximum Gasteiger partial charge on any atom is 0.431 e. The fraction of sp³-hybridized carbons (Fsp3) is 0.909. The van der Waals surface area contributed by atoms with Crippen LogP contribution in [0.1, 0.15) is 40.0 Å². The van der Waals surface area contributed by atoms with Crippen LogP contribution in [0.3, 0.4) is 0 Å². The molecule has 0 unspecified atom stereocenters. The predicted molar refractivity (Wildman–Crippen MR) is 60.7 cm³/mol. The number of nitrogens with two attached hydrogens (primary N) is 1. The lowest BCUT2D eigenvalue weighted by atomic mass is 9.69. The molecule has 94 valence electrons. The average molecular weight is 230 g/mol. The minimum atomic E-state index is -0.556. The minimum Gasteiger partial charge on any atom is -0.442 e. The number of rotatable bonds is 4. The third kappa shape index (κ3) is 3.98. The summed E-state index contributed by atoms with van der Waals surface area (Å²) in [6.07, 6.45) is 2.77. The van der Waals surface area contributed by atoms with Crippen LogP contribution >= 0.6 is 0 Å². The Labute approximate surface area is 96.6 Å². The Morgan fingerprint density at radius 3 is 2.44 bits per heavy atom. The monoisotopic (exact) mass is 230 g/mol. The van der Waals surface area contributed by atoms with Gasteiger partial charge in [0.2, 0.25) is 0 Å². The summed E-state index contributed by atoms with van der Waals surface area (Å²) in [6, 6.07) is 0. The van der Waals surface area contributed by atoms with Crippen molar-refractivity contribution in [2.45, 2.75) is 45.6 Å². The van der Waals surface area contributed by atoms with Crippen molar-refractivity contribution in [1.29, 1.82) is 0 Å². The van der Waals surface area contributed by atoms with Crippen molar-refractivity contribution in [3.8, 4) is 0 Å². The summed E-state index contributed by atoms with van der Waals surface area (Å²) in [5, 5.41) is 0. The molecule has 5 heteroatoms. The van der Waals surface area contributed by atoms with E-state index in [0.717, 1.165) is 12.8 Å². The molecule has 1 rings (SSSR count). The highest BCUT2D eigenvalue weighted by Gasteiger charge is 2.36. The minimum absolute atomic E-state index is 0.0645. The van der Waals surface area contributed by atoms with Gasteiger partial charge in [0.05, 0.1) is 6.61 Å². The van der Waals surface area contributed by atoms with Gasteiger partial charge in [-0.05, 0) is 33.6 Å². The van der Waals surface area contributed by atoms with Crippen LogP contribution in [-0.2, 0) is 9.57 Å². The van der Waals surface area contributed by atoms with Gasteiger partial charge in [0.15, 0.2) is 0 Å². The second-order valence-corrected chi connectivity index (χ2v) is 5.45. The molecule has 1 amide bonds. The Bertz CT molecular complexity index is 239. The smallest absolute Gasteiger partial charge is 0.431 e. The van der Waals surface area contributed by atoms with Crippen LogP contribution in [0.15, 0.2) is 0 Å². The van der Waals surface area contributed by atoms with E-state index < -0.39 is 11.7 Å². The molecule has 0 aromatic heterocycles. The van der Waals surface area contributed by atoms with E-state index in [1.54, 1.807) is 20.8 Å². The van der Waals surface area contributed by atoms with Crippen LogP contribution < -0.4 is 11.2 Å². The molecule has 0 atom stereocenters. The molecule has 1 aliphatic rings. The average Bonchev–Trinajstić information content (AvgIpc) is 2.06. The quantitative estimate of drug-likeness (QED) is 0.719. The van der Waals surface area contributed by atoms with E-state index in [9.17, 15) is 4.79 Å². The molecular formula is C11H22N2O3. The summed E-state index contributed by atoms with van der Waals surface area (Å²) in [6.45, 7) is 6.48. The number of carbonyl (C=O) groups is 1. The Balaban J connectivity index is 2.18. The number of nitrogens with one attached hydrogen (secondary N) is 1. The first-order chi connectivity index (χ1) is 7.37. The number of amides is 1. The first-order valence-corrected chi connectivity index (χ1v) is 5.68.